The van der Waals surface area contributed by atoms with Crippen LogP contribution in [0.25, 0.3) is 0 Å². The largest absolute Gasteiger partial charge is 0.393 e. The second-order valence-electron chi connectivity index (χ2n) is 10.2. The van der Waals surface area contributed by atoms with Crippen LogP contribution >= 0.6 is 0 Å². The van der Waals surface area contributed by atoms with E-state index >= 15 is 0 Å². The molecular weight excluding hydrogens is 308 g/mol. The van der Waals surface area contributed by atoms with Crippen molar-refractivity contribution in [3.05, 3.63) is 18.4 Å². The Morgan fingerprint density at radius 1 is 1.00 bits per heavy atom. The fourth-order valence-electron chi connectivity index (χ4n) is 8.07. The maximum atomic E-state index is 10.6. The highest BCUT2D eigenvalue weighted by molar-refractivity contribution is 5.11. The van der Waals surface area contributed by atoms with Gasteiger partial charge in [0.2, 0.25) is 0 Å². The van der Waals surface area contributed by atoms with Gasteiger partial charge in [0, 0.05) is 0 Å². The van der Waals surface area contributed by atoms with Crippen molar-refractivity contribution in [2.75, 3.05) is 0 Å². The summed E-state index contributed by atoms with van der Waals surface area (Å²) in [5.41, 5.74) is 3.54. The molecule has 0 aliphatic heterocycles. The van der Waals surface area contributed by atoms with E-state index in [9.17, 15) is 10.2 Å². The number of hydrogen-bond donors (Lipinski definition) is 2. The van der Waals surface area contributed by atoms with E-state index in [0.717, 1.165) is 42.9 Å². The summed E-state index contributed by atoms with van der Waals surface area (Å²) in [5, 5.41) is 20.8. The molecule has 4 saturated carbocycles. The SMILES string of the molecule is C=C=C[C@H](O)[C@H]1CC[C@H]2[C@@H]3CC[C@H]4C[C@H](O)CC[C@]4(C)[C@H]3CC[C@]12C. The third-order valence-corrected chi connectivity index (χ3v) is 9.41. The number of aliphatic hydroxyl groups is 2. The van der Waals surface area contributed by atoms with Gasteiger partial charge in [-0.05, 0) is 104 Å². The summed E-state index contributed by atoms with van der Waals surface area (Å²) in [7, 11) is 0. The van der Waals surface area contributed by atoms with Crippen LogP contribution in [0.5, 0.6) is 0 Å². The zero-order valence-corrected chi connectivity index (χ0v) is 16.1. The molecule has 0 bridgehead atoms. The van der Waals surface area contributed by atoms with Crippen molar-refractivity contribution < 1.29 is 10.2 Å². The third-order valence-electron chi connectivity index (χ3n) is 9.41. The lowest BCUT2D eigenvalue weighted by Crippen LogP contribution is -2.54. The molecule has 0 aromatic heterocycles. The Labute approximate surface area is 153 Å². The average Bonchev–Trinajstić information content (AvgIpc) is 2.93. The highest BCUT2D eigenvalue weighted by atomic mass is 16.3. The molecule has 0 saturated heterocycles. The highest BCUT2D eigenvalue weighted by Gasteiger charge is 2.60. The minimum Gasteiger partial charge on any atom is -0.393 e. The molecular formula is C23H36O2. The number of hydrogen-bond acceptors (Lipinski definition) is 2. The molecule has 2 N–H and O–H groups in total. The van der Waals surface area contributed by atoms with Crippen LogP contribution < -0.4 is 0 Å². The molecule has 2 nitrogen and oxygen atoms in total. The van der Waals surface area contributed by atoms with Crippen LogP contribution in [0.3, 0.4) is 0 Å². The Bertz CT molecular complexity index is 564. The van der Waals surface area contributed by atoms with E-state index in [1.807, 2.05) is 0 Å². The Balaban J connectivity index is 1.59. The average molecular weight is 345 g/mol. The van der Waals surface area contributed by atoms with Gasteiger partial charge in [0.1, 0.15) is 0 Å². The van der Waals surface area contributed by atoms with Crippen LogP contribution in [0.1, 0.15) is 71.6 Å². The Morgan fingerprint density at radius 3 is 2.48 bits per heavy atom. The predicted octanol–water partition coefficient (Wildman–Crippen LogP) is 4.71. The molecule has 0 aromatic carbocycles. The van der Waals surface area contributed by atoms with E-state index in [0.29, 0.717) is 11.3 Å². The van der Waals surface area contributed by atoms with Gasteiger partial charge in [-0.1, -0.05) is 20.4 Å². The van der Waals surface area contributed by atoms with Gasteiger partial charge in [0.15, 0.2) is 0 Å². The third kappa shape index (κ3) is 2.59. The second kappa shape index (κ2) is 6.25. The van der Waals surface area contributed by atoms with Crippen LogP contribution in [-0.2, 0) is 0 Å². The van der Waals surface area contributed by atoms with Gasteiger partial charge in [-0.3, -0.25) is 0 Å². The maximum absolute atomic E-state index is 10.6. The van der Waals surface area contributed by atoms with E-state index in [4.69, 9.17) is 0 Å². The molecule has 0 heterocycles. The number of aliphatic hydroxyl groups excluding tert-OH is 2. The van der Waals surface area contributed by atoms with E-state index < -0.39 is 0 Å². The molecule has 0 amide bonds. The zero-order chi connectivity index (χ0) is 17.8. The summed E-state index contributed by atoms with van der Waals surface area (Å²) < 4.78 is 0. The van der Waals surface area contributed by atoms with Crippen molar-refractivity contribution in [3.63, 3.8) is 0 Å². The van der Waals surface area contributed by atoms with Gasteiger partial charge >= 0.3 is 0 Å². The Kier molecular flexibility index (Phi) is 4.46. The molecule has 0 unspecified atom stereocenters. The molecule has 0 radical (unpaired) electrons. The molecule has 4 aliphatic carbocycles. The Morgan fingerprint density at radius 2 is 1.72 bits per heavy atom. The van der Waals surface area contributed by atoms with Crippen molar-refractivity contribution >= 4 is 0 Å². The van der Waals surface area contributed by atoms with E-state index in [2.05, 4.69) is 26.2 Å². The van der Waals surface area contributed by atoms with Gasteiger partial charge in [0.25, 0.3) is 0 Å². The summed E-state index contributed by atoms with van der Waals surface area (Å²) in [4.78, 5) is 0. The smallest absolute Gasteiger partial charge is 0.0827 e. The molecule has 25 heavy (non-hydrogen) atoms. The highest BCUT2D eigenvalue weighted by Crippen LogP contribution is 2.67. The zero-order valence-electron chi connectivity index (χ0n) is 16.1. The van der Waals surface area contributed by atoms with Crippen molar-refractivity contribution in [2.45, 2.75) is 83.8 Å². The van der Waals surface area contributed by atoms with E-state index in [1.54, 1.807) is 6.08 Å². The lowest BCUT2D eigenvalue weighted by Gasteiger charge is -2.61. The maximum Gasteiger partial charge on any atom is 0.0827 e. The fourth-order valence-corrected chi connectivity index (χ4v) is 8.07. The predicted molar refractivity (Wildman–Crippen MR) is 101 cm³/mol. The van der Waals surface area contributed by atoms with Crippen LogP contribution in [0, 0.1) is 40.4 Å². The molecule has 4 aliphatic rings. The van der Waals surface area contributed by atoms with Gasteiger partial charge in [-0.25, -0.2) is 0 Å². The molecule has 0 spiro atoms. The summed E-state index contributed by atoms with van der Waals surface area (Å²) >= 11 is 0. The van der Waals surface area contributed by atoms with Crippen molar-refractivity contribution in [3.8, 4) is 0 Å². The summed E-state index contributed by atoms with van der Waals surface area (Å²) in [6.07, 6.45) is 12.3. The topological polar surface area (TPSA) is 40.5 Å². The first-order chi connectivity index (χ1) is 11.9. The van der Waals surface area contributed by atoms with Crippen molar-refractivity contribution in [1.82, 2.24) is 0 Å². The van der Waals surface area contributed by atoms with Gasteiger partial charge < -0.3 is 10.2 Å². The fraction of sp³-hybridized carbons (Fsp3) is 0.870. The molecule has 4 rings (SSSR count). The van der Waals surface area contributed by atoms with E-state index in [1.165, 1.54) is 38.5 Å². The van der Waals surface area contributed by atoms with Crippen molar-refractivity contribution in [1.29, 1.82) is 0 Å². The first kappa shape index (κ1) is 17.8. The molecule has 9 atom stereocenters. The number of fused-ring (bicyclic) bond motifs is 5. The number of rotatable bonds is 2. The molecule has 2 heteroatoms. The van der Waals surface area contributed by atoms with Gasteiger partial charge in [0.05, 0.1) is 12.2 Å². The monoisotopic (exact) mass is 344 g/mol. The Hall–Kier alpha value is -0.560. The lowest BCUT2D eigenvalue weighted by atomic mass is 9.44. The van der Waals surface area contributed by atoms with Crippen LogP contribution in [-0.4, -0.2) is 22.4 Å². The van der Waals surface area contributed by atoms with Crippen LogP contribution in [0.4, 0.5) is 0 Å². The quantitative estimate of drug-likeness (QED) is 0.712. The molecule has 140 valence electrons. The first-order valence-corrected chi connectivity index (χ1v) is 10.6. The minimum absolute atomic E-state index is 0.0554. The lowest BCUT2D eigenvalue weighted by molar-refractivity contribution is -0.131. The standard InChI is InChI=1S/C23H36O2/c1-4-5-21(25)20-9-8-18-17-7-6-15-14-16(24)10-12-22(15,2)19(17)11-13-23(18,20)3/h5,15-21,24-25H,1,6-14H2,2-3H3/t15-,16+,17-,18-,19-,20+,21-,22-,23-/m0/s1. The minimum atomic E-state index is -0.374. The van der Waals surface area contributed by atoms with Gasteiger partial charge in [-0.2, -0.15) is 0 Å². The van der Waals surface area contributed by atoms with Gasteiger partial charge in [-0.15, -0.1) is 5.73 Å². The summed E-state index contributed by atoms with van der Waals surface area (Å²) in [6.45, 7) is 8.67. The van der Waals surface area contributed by atoms with Crippen LogP contribution in [0.15, 0.2) is 18.4 Å². The molecule has 4 fully saturated rings. The molecule has 0 aromatic rings. The normalized spacial score (nSPS) is 53.1. The second-order valence-corrected chi connectivity index (χ2v) is 10.2. The summed E-state index contributed by atoms with van der Waals surface area (Å²) in [5.74, 6) is 3.55. The van der Waals surface area contributed by atoms with Crippen molar-refractivity contribution in [2.24, 2.45) is 40.4 Å². The van der Waals surface area contributed by atoms with E-state index in [-0.39, 0.29) is 17.6 Å². The first-order valence-electron chi connectivity index (χ1n) is 10.6. The van der Waals surface area contributed by atoms with Crippen LogP contribution in [0.2, 0.25) is 0 Å². The summed E-state index contributed by atoms with van der Waals surface area (Å²) in [6, 6.07) is 0.